The summed E-state index contributed by atoms with van der Waals surface area (Å²) >= 11 is 0. The van der Waals surface area contributed by atoms with Gasteiger partial charge in [0.05, 0.1) is 23.0 Å². The maximum Gasteiger partial charge on any atom is 0.317 e. The van der Waals surface area contributed by atoms with Crippen molar-refractivity contribution in [2.24, 2.45) is 0 Å². The maximum absolute atomic E-state index is 10.5. The molecule has 0 heterocycles. The molecule has 0 bridgehead atoms. The number of nitrogens with two attached hydrogens (primary N) is 1. The molecular weight excluding hydrogens is 206 g/mol. The molecule has 8 nitrogen and oxygen atoms in total. The molecule has 1 aromatic rings. The zero-order valence-corrected chi connectivity index (χ0v) is 7.67. The lowest BCUT2D eigenvalue weighted by Gasteiger charge is -2.02. The molecule has 0 aliphatic heterocycles. The normalized spacial score (nSPS) is 9.67. The zero-order valence-electron chi connectivity index (χ0n) is 7.67. The minimum absolute atomic E-state index is 0.108. The summed E-state index contributed by atoms with van der Waals surface area (Å²) < 4.78 is 4.68. The van der Waals surface area contributed by atoms with E-state index in [2.05, 4.69) is 4.74 Å². The highest BCUT2D eigenvalue weighted by molar-refractivity contribution is 5.68. The molecule has 0 saturated carbocycles. The van der Waals surface area contributed by atoms with Crippen molar-refractivity contribution in [2.75, 3.05) is 12.8 Å². The molecule has 0 saturated heterocycles. The molecule has 0 amide bonds. The van der Waals surface area contributed by atoms with Crippen molar-refractivity contribution in [1.29, 1.82) is 0 Å². The fourth-order valence-electron chi connectivity index (χ4n) is 1.04. The van der Waals surface area contributed by atoms with Crippen molar-refractivity contribution in [3.8, 4) is 5.75 Å². The van der Waals surface area contributed by atoms with Crippen LogP contribution in [0.3, 0.4) is 0 Å². The number of nitro groups is 2. The first-order chi connectivity index (χ1) is 6.97. The fraction of sp³-hybridized carbons (Fsp3) is 0.143. The molecule has 0 aliphatic rings. The molecule has 0 radical (unpaired) electrons. The van der Waals surface area contributed by atoms with Gasteiger partial charge in [0.2, 0.25) is 0 Å². The van der Waals surface area contributed by atoms with E-state index in [9.17, 15) is 20.2 Å². The third-order valence-corrected chi connectivity index (χ3v) is 1.72. The van der Waals surface area contributed by atoms with Gasteiger partial charge in [-0.15, -0.1) is 0 Å². The van der Waals surface area contributed by atoms with Crippen molar-refractivity contribution in [2.45, 2.75) is 0 Å². The van der Waals surface area contributed by atoms with E-state index < -0.39 is 21.2 Å². The molecule has 0 aliphatic carbocycles. The summed E-state index contributed by atoms with van der Waals surface area (Å²) in [5.74, 6) is -0.108. The van der Waals surface area contributed by atoms with E-state index in [4.69, 9.17) is 5.73 Å². The average molecular weight is 213 g/mol. The van der Waals surface area contributed by atoms with E-state index in [0.29, 0.717) is 0 Å². The topological polar surface area (TPSA) is 122 Å². The summed E-state index contributed by atoms with van der Waals surface area (Å²) in [5.41, 5.74) is 4.15. The molecule has 80 valence electrons. The first-order valence-corrected chi connectivity index (χ1v) is 3.73. The Hall–Kier alpha value is -2.38. The van der Waals surface area contributed by atoms with Gasteiger partial charge in [0.1, 0.15) is 5.69 Å². The molecule has 0 spiro atoms. The summed E-state index contributed by atoms with van der Waals surface area (Å²) in [5, 5.41) is 21.0. The molecule has 8 heteroatoms. The molecule has 1 aromatic carbocycles. The van der Waals surface area contributed by atoms with Crippen LogP contribution in [0, 0.1) is 20.2 Å². The second-order valence-corrected chi connectivity index (χ2v) is 2.60. The highest BCUT2D eigenvalue weighted by atomic mass is 16.6. The summed E-state index contributed by atoms with van der Waals surface area (Å²) in [6.07, 6.45) is 0. The van der Waals surface area contributed by atoms with Crippen LogP contribution in [0.5, 0.6) is 5.75 Å². The first-order valence-electron chi connectivity index (χ1n) is 3.73. The van der Waals surface area contributed by atoms with E-state index in [1.165, 1.54) is 7.11 Å². The van der Waals surface area contributed by atoms with Crippen LogP contribution in [0.15, 0.2) is 12.1 Å². The lowest BCUT2D eigenvalue weighted by Crippen LogP contribution is -2.00. The number of benzene rings is 1. The van der Waals surface area contributed by atoms with Crippen LogP contribution in [0.25, 0.3) is 0 Å². The third kappa shape index (κ3) is 1.93. The van der Waals surface area contributed by atoms with Crippen molar-refractivity contribution in [3.05, 3.63) is 32.4 Å². The highest BCUT2D eigenvalue weighted by Gasteiger charge is 2.23. The van der Waals surface area contributed by atoms with E-state index in [0.717, 1.165) is 12.1 Å². The number of anilines is 1. The van der Waals surface area contributed by atoms with Gasteiger partial charge < -0.3 is 10.5 Å². The van der Waals surface area contributed by atoms with E-state index in [1.807, 2.05) is 0 Å². The van der Waals surface area contributed by atoms with Gasteiger partial charge in [-0.2, -0.15) is 0 Å². The highest BCUT2D eigenvalue weighted by Crippen LogP contribution is 2.35. The third-order valence-electron chi connectivity index (χ3n) is 1.72. The van der Waals surface area contributed by atoms with Gasteiger partial charge in [-0.25, -0.2) is 0 Å². The monoisotopic (exact) mass is 213 g/mol. The standard InChI is InChI=1S/C7H7N3O5/c1-15-7-2-4(8)5(9(11)12)3-6(7)10(13)14/h2-3H,8H2,1H3. The Morgan fingerprint density at radius 1 is 1.20 bits per heavy atom. The first kappa shape index (κ1) is 10.7. The van der Waals surface area contributed by atoms with Crippen LogP contribution in [0.2, 0.25) is 0 Å². The van der Waals surface area contributed by atoms with Crippen molar-refractivity contribution in [1.82, 2.24) is 0 Å². The minimum atomic E-state index is -0.790. The number of nitrogens with zero attached hydrogens (tertiary/aromatic N) is 2. The van der Waals surface area contributed by atoms with Crippen LogP contribution >= 0.6 is 0 Å². The summed E-state index contributed by atoms with van der Waals surface area (Å²) in [6.45, 7) is 0. The van der Waals surface area contributed by atoms with Crippen molar-refractivity contribution >= 4 is 17.1 Å². The summed E-state index contributed by atoms with van der Waals surface area (Å²) in [4.78, 5) is 19.4. The number of ether oxygens (including phenoxy) is 1. The Morgan fingerprint density at radius 3 is 2.13 bits per heavy atom. The quantitative estimate of drug-likeness (QED) is 0.455. The number of methoxy groups -OCH3 is 1. The predicted molar refractivity (Wildman–Crippen MR) is 50.7 cm³/mol. The Morgan fingerprint density at radius 2 is 1.73 bits per heavy atom. The predicted octanol–water partition coefficient (Wildman–Crippen LogP) is 1.09. The Bertz CT molecular complexity index is 431. The average Bonchev–Trinajstić information content (AvgIpc) is 2.16. The second-order valence-electron chi connectivity index (χ2n) is 2.60. The van der Waals surface area contributed by atoms with Crippen LogP contribution in [-0.4, -0.2) is 17.0 Å². The minimum Gasteiger partial charge on any atom is -0.490 e. The van der Waals surface area contributed by atoms with Gasteiger partial charge in [0.25, 0.3) is 5.69 Å². The zero-order chi connectivity index (χ0) is 11.6. The number of hydrogen-bond acceptors (Lipinski definition) is 6. The lowest BCUT2D eigenvalue weighted by atomic mass is 10.2. The number of hydrogen-bond donors (Lipinski definition) is 1. The van der Waals surface area contributed by atoms with Crippen LogP contribution in [0.1, 0.15) is 0 Å². The molecule has 0 atom stereocenters. The smallest absolute Gasteiger partial charge is 0.317 e. The lowest BCUT2D eigenvalue weighted by molar-refractivity contribution is -0.394. The Balaban J connectivity index is 3.43. The van der Waals surface area contributed by atoms with Gasteiger partial charge in [-0.3, -0.25) is 20.2 Å². The van der Waals surface area contributed by atoms with E-state index in [1.54, 1.807) is 0 Å². The largest absolute Gasteiger partial charge is 0.490 e. The van der Waals surface area contributed by atoms with Crippen LogP contribution < -0.4 is 10.5 Å². The SMILES string of the molecule is COc1cc(N)c([N+](=O)[O-])cc1[N+](=O)[O-]. The van der Waals surface area contributed by atoms with Crippen LogP contribution in [0.4, 0.5) is 17.1 Å². The van der Waals surface area contributed by atoms with Crippen molar-refractivity contribution < 1.29 is 14.6 Å². The van der Waals surface area contributed by atoms with Gasteiger partial charge in [-0.1, -0.05) is 0 Å². The van der Waals surface area contributed by atoms with Gasteiger partial charge in [0, 0.05) is 6.07 Å². The van der Waals surface area contributed by atoms with Crippen molar-refractivity contribution in [3.63, 3.8) is 0 Å². The van der Waals surface area contributed by atoms with Gasteiger partial charge in [-0.05, 0) is 0 Å². The molecule has 0 fully saturated rings. The number of nitro benzene ring substituents is 2. The van der Waals surface area contributed by atoms with E-state index in [-0.39, 0.29) is 11.4 Å². The molecule has 1 rings (SSSR count). The van der Waals surface area contributed by atoms with Crippen LogP contribution in [-0.2, 0) is 0 Å². The molecular formula is C7H7N3O5. The molecule has 15 heavy (non-hydrogen) atoms. The summed E-state index contributed by atoms with van der Waals surface area (Å²) in [7, 11) is 1.22. The van der Waals surface area contributed by atoms with Gasteiger partial charge >= 0.3 is 5.69 Å². The number of rotatable bonds is 3. The second kappa shape index (κ2) is 3.78. The molecule has 2 N–H and O–H groups in total. The Kier molecular flexibility index (Phi) is 2.70. The molecule has 0 unspecified atom stereocenters. The Labute approximate surface area is 83.6 Å². The van der Waals surface area contributed by atoms with E-state index >= 15 is 0 Å². The number of nitrogen functional groups attached to an aromatic ring is 1. The fourth-order valence-corrected chi connectivity index (χ4v) is 1.04. The summed E-state index contributed by atoms with van der Waals surface area (Å²) in [6, 6.07) is 1.82. The molecule has 0 aromatic heterocycles. The van der Waals surface area contributed by atoms with Gasteiger partial charge in [0.15, 0.2) is 5.75 Å². The maximum atomic E-state index is 10.5.